The SMILES string of the molecule is CC(C)C(=O)Nc1ccc2[nH]cc(C(C(=O)O)N3CCN(c4ccc(Cl)cc4)CC3)c2c1. The molecule has 3 N–H and O–H groups in total. The molecule has 0 saturated carbocycles. The van der Waals surface area contributed by atoms with Crippen LogP contribution in [0, 0.1) is 5.92 Å². The zero-order valence-corrected chi connectivity index (χ0v) is 18.9. The molecule has 1 aliphatic heterocycles. The molecule has 1 saturated heterocycles. The Hall–Kier alpha value is -3.03. The number of aliphatic carboxylic acids is 1. The zero-order chi connectivity index (χ0) is 22.8. The Balaban J connectivity index is 1.56. The number of carbonyl (C=O) groups is 2. The summed E-state index contributed by atoms with van der Waals surface area (Å²) < 4.78 is 0. The largest absolute Gasteiger partial charge is 0.480 e. The van der Waals surface area contributed by atoms with Crippen LogP contribution in [0.5, 0.6) is 0 Å². The van der Waals surface area contributed by atoms with E-state index in [0.717, 1.165) is 29.7 Å². The van der Waals surface area contributed by atoms with E-state index in [1.807, 2.05) is 61.2 Å². The third kappa shape index (κ3) is 4.59. The lowest BCUT2D eigenvalue weighted by molar-refractivity contribution is -0.143. The molecule has 3 aromatic rings. The molecule has 7 nitrogen and oxygen atoms in total. The Morgan fingerprint density at radius 2 is 1.75 bits per heavy atom. The van der Waals surface area contributed by atoms with Crippen LogP contribution in [0.4, 0.5) is 11.4 Å². The molecule has 2 heterocycles. The molecule has 4 rings (SSSR count). The van der Waals surface area contributed by atoms with Gasteiger partial charge in [0.2, 0.25) is 5.91 Å². The van der Waals surface area contributed by atoms with Gasteiger partial charge in [0.1, 0.15) is 6.04 Å². The van der Waals surface area contributed by atoms with E-state index in [-0.39, 0.29) is 11.8 Å². The molecule has 0 bridgehead atoms. The second-order valence-corrected chi connectivity index (χ2v) is 8.82. The highest BCUT2D eigenvalue weighted by atomic mass is 35.5. The number of H-pyrrole nitrogens is 1. The first-order valence-electron chi connectivity index (χ1n) is 10.7. The van der Waals surface area contributed by atoms with E-state index in [2.05, 4.69) is 15.2 Å². The minimum atomic E-state index is -0.887. The molecule has 8 heteroatoms. The second kappa shape index (κ2) is 9.22. The number of amides is 1. The van der Waals surface area contributed by atoms with Crippen molar-refractivity contribution in [2.45, 2.75) is 19.9 Å². The summed E-state index contributed by atoms with van der Waals surface area (Å²) in [6.45, 7) is 6.36. The van der Waals surface area contributed by atoms with Gasteiger partial charge < -0.3 is 20.3 Å². The molecule has 32 heavy (non-hydrogen) atoms. The van der Waals surface area contributed by atoms with Crippen molar-refractivity contribution in [2.24, 2.45) is 5.92 Å². The molecular formula is C24H27ClN4O3. The Morgan fingerprint density at radius 1 is 1.06 bits per heavy atom. The van der Waals surface area contributed by atoms with Crippen molar-refractivity contribution in [3.8, 4) is 0 Å². The zero-order valence-electron chi connectivity index (χ0n) is 18.1. The lowest BCUT2D eigenvalue weighted by Crippen LogP contribution is -2.49. The number of fused-ring (bicyclic) bond motifs is 1. The fourth-order valence-corrected chi connectivity index (χ4v) is 4.23. The van der Waals surface area contributed by atoms with Gasteiger partial charge in [-0.05, 0) is 42.5 Å². The van der Waals surface area contributed by atoms with Crippen molar-refractivity contribution in [3.05, 3.63) is 59.2 Å². The number of aromatic amines is 1. The van der Waals surface area contributed by atoms with Crippen LogP contribution in [0.15, 0.2) is 48.7 Å². The predicted octanol–water partition coefficient (Wildman–Crippen LogP) is 4.36. The van der Waals surface area contributed by atoms with Gasteiger partial charge in [-0.1, -0.05) is 25.4 Å². The molecule has 0 radical (unpaired) electrons. The van der Waals surface area contributed by atoms with Crippen molar-refractivity contribution < 1.29 is 14.7 Å². The fraction of sp³-hybridized carbons (Fsp3) is 0.333. The number of piperazine rings is 1. The minimum absolute atomic E-state index is 0.0745. The Labute approximate surface area is 192 Å². The van der Waals surface area contributed by atoms with E-state index >= 15 is 0 Å². The summed E-state index contributed by atoms with van der Waals surface area (Å²) in [6, 6.07) is 12.5. The van der Waals surface area contributed by atoms with Crippen LogP contribution >= 0.6 is 11.6 Å². The summed E-state index contributed by atoms with van der Waals surface area (Å²) in [7, 11) is 0. The number of nitrogens with zero attached hydrogens (tertiary/aromatic N) is 2. The maximum atomic E-state index is 12.3. The smallest absolute Gasteiger partial charge is 0.325 e. The number of benzene rings is 2. The lowest BCUT2D eigenvalue weighted by Gasteiger charge is -2.38. The molecule has 1 amide bonds. The van der Waals surface area contributed by atoms with Gasteiger partial charge in [0.25, 0.3) is 0 Å². The van der Waals surface area contributed by atoms with Gasteiger partial charge in [-0.2, -0.15) is 0 Å². The lowest BCUT2D eigenvalue weighted by atomic mass is 10.0. The topological polar surface area (TPSA) is 88.7 Å². The third-order valence-corrected chi connectivity index (χ3v) is 6.16. The number of hydrogen-bond acceptors (Lipinski definition) is 4. The number of hydrogen-bond donors (Lipinski definition) is 3. The molecular weight excluding hydrogens is 428 g/mol. The standard InChI is InChI=1S/C24H27ClN4O3/c1-15(2)23(30)27-17-5-8-21-19(13-17)20(14-26-21)22(24(31)32)29-11-9-28(10-12-29)18-6-3-16(25)4-7-18/h3-8,13-15,22,26H,9-12H2,1-2H3,(H,27,30)(H,31,32). The van der Waals surface area contributed by atoms with Crippen molar-refractivity contribution >= 4 is 45.8 Å². The van der Waals surface area contributed by atoms with Crippen LogP contribution in [0.2, 0.25) is 5.02 Å². The maximum Gasteiger partial charge on any atom is 0.325 e. The average Bonchev–Trinajstić information content (AvgIpc) is 3.17. The summed E-state index contributed by atoms with van der Waals surface area (Å²) in [6.07, 6.45) is 1.77. The average molecular weight is 455 g/mol. The molecule has 2 aromatic carbocycles. The van der Waals surface area contributed by atoms with E-state index in [1.54, 1.807) is 6.20 Å². The molecule has 168 valence electrons. The highest BCUT2D eigenvalue weighted by Crippen LogP contribution is 2.32. The first-order chi connectivity index (χ1) is 15.3. The highest BCUT2D eigenvalue weighted by molar-refractivity contribution is 6.30. The van der Waals surface area contributed by atoms with E-state index < -0.39 is 12.0 Å². The van der Waals surface area contributed by atoms with Crippen molar-refractivity contribution in [1.29, 1.82) is 0 Å². The number of halogens is 1. The number of nitrogens with one attached hydrogen (secondary N) is 2. The Morgan fingerprint density at radius 3 is 2.38 bits per heavy atom. The molecule has 1 fully saturated rings. The summed E-state index contributed by atoms with van der Waals surface area (Å²) >= 11 is 5.99. The molecule has 1 aromatic heterocycles. The summed E-state index contributed by atoms with van der Waals surface area (Å²) in [5, 5.41) is 14.5. The summed E-state index contributed by atoms with van der Waals surface area (Å²) in [5.41, 5.74) is 3.29. The molecule has 1 unspecified atom stereocenters. The molecule has 1 aliphatic rings. The first kappa shape index (κ1) is 22.2. The fourth-order valence-electron chi connectivity index (χ4n) is 4.11. The van der Waals surface area contributed by atoms with Gasteiger partial charge in [0.15, 0.2) is 0 Å². The highest BCUT2D eigenvalue weighted by Gasteiger charge is 2.32. The van der Waals surface area contributed by atoms with Crippen molar-refractivity contribution in [3.63, 3.8) is 0 Å². The van der Waals surface area contributed by atoms with Crippen LogP contribution in [-0.4, -0.2) is 53.0 Å². The van der Waals surface area contributed by atoms with Crippen LogP contribution in [-0.2, 0) is 9.59 Å². The van der Waals surface area contributed by atoms with Gasteiger partial charge in [-0.15, -0.1) is 0 Å². The number of carbonyl (C=O) groups excluding carboxylic acids is 1. The van der Waals surface area contributed by atoms with E-state index in [9.17, 15) is 14.7 Å². The minimum Gasteiger partial charge on any atom is -0.480 e. The number of rotatable bonds is 6. The monoisotopic (exact) mass is 454 g/mol. The number of carboxylic acid groups (broad SMARTS) is 1. The van der Waals surface area contributed by atoms with Crippen molar-refractivity contribution in [2.75, 3.05) is 36.4 Å². The maximum absolute atomic E-state index is 12.3. The summed E-state index contributed by atoms with van der Waals surface area (Å²) in [5.74, 6) is -1.10. The Kier molecular flexibility index (Phi) is 6.39. The first-order valence-corrected chi connectivity index (χ1v) is 11.1. The van der Waals surface area contributed by atoms with E-state index in [4.69, 9.17) is 11.6 Å². The number of carboxylic acids is 1. The third-order valence-electron chi connectivity index (χ3n) is 5.91. The summed E-state index contributed by atoms with van der Waals surface area (Å²) in [4.78, 5) is 31.8. The second-order valence-electron chi connectivity index (χ2n) is 8.39. The van der Waals surface area contributed by atoms with Gasteiger partial charge in [-0.3, -0.25) is 14.5 Å². The molecule has 0 aliphatic carbocycles. The van der Waals surface area contributed by atoms with Crippen LogP contribution in [0.3, 0.4) is 0 Å². The predicted molar refractivity (Wildman–Crippen MR) is 127 cm³/mol. The number of anilines is 2. The van der Waals surface area contributed by atoms with Crippen LogP contribution in [0.1, 0.15) is 25.5 Å². The van der Waals surface area contributed by atoms with E-state index in [1.165, 1.54) is 0 Å². The number of aromatic nitrogens is 1. The van der Waals surface area contributed by atoms with Crippen molar-refractivity contribution in [1.82, 2.24) is 9.88 Å². The van der Waals surface area contributed by atoms with Gasteiger partial charge >= 0.3 is 5.97 Å². The van der Waals surface area contributed by atoms with Gasteiger partial charge in [0, 0.05) is 71.2 Å². The van der Waals surface area contributed by atoms with Crippen LogP contribution in [0.25, 0.3) is 10.9 Å². The van der Waals surface area contributed by atoms with Gasteiger partial charge in [-0.25, -0.2) is 0 Å². The molecule has 0 spiro atoms. The Bertz CT molecular complexity index is 1120. The van der Waals surface area contributed by atoms with Gasteiger partial charge in [0.05, 0.1) is 0 Å². The quantitative estimate of drug-likeness (QED) is 0.515. The van der Waals surface area contributed by atoms with Crippen LogP contribution < -0.4 is 10.2 Å². The molecule has 1 atom stereocenters. The van der Waals surface area contributed by atoms with E-state index in [0.29, 0.717) is 29.4 Å². The normalized spacial score (nSPS) is 15.8.